The number of aldehydes is 1. The second-order valence-corrected chi connectivity index (χ2v) is 3.39. The van der Waals surface area contributed by atoms with E-state index in [1.165, 1.54) is 12.1 Å². The van der Waals surface area contributed by atoms with Crippen molar-refractivity contribution in [1.29, 1.82) is 0 Å². The van der Waals surface area contributed by atoms with Crippen LogP contribution in [0.25, 0.3) is 0 Å². The van der Waals surface area contributed by atoms with E-state index in [0.29, 0.717) is 11.8 Å². The Labute approximate surface area is 90.4 Å². The molecule has 0 spiro atoms. The van der Waals surface area contributed by atoms with E-state index >= 15 is 0 Å². The lowest BCUT2D eigenvalue weighted by atomic mass is 10.1. The third-order valence-corrected chi connectivity index (χ3v) is 1.98. The molecule has 0 amide bonds. The smallest absolute Gasteiger partial charge is 0.152 e. The molecule has 0 N–H and O–H groups in total. The van der Waals surface area contributed by atoms with Gasteiger partial charge >= 0.3 is 0 Å². The maximum absolute atomic E-state index is 13.1. The van der Waals surface area contributed by atoms with E-state index in [1.54, 1.807) is 6.07 Å². The van der Waals surface area contributed by atoms with Gasteiger partial charge in [-0.25, -0.2) is 4.39 Å². The summed E-state index contributed by atoms with van der Waals surface area (Å²) in [5, 5.41) is 0.800. The molecule has 14 heavy (non-hydrogen) atoms. The molecular formula is C11H8BrFO. The Bertz CT molecular complexity index is 390. The summed E-state index contributed by atoms with van der Waals surface area (Å²) in [4.78, 5) is 10.3. The fourth-order valence-electron chi connectivity index (χ4n) is 0.912. The molecule has 0 aliphatic heterocycles. The Morgan fingerprint density at radius 2 is 2.29 bits per heavy atom. The number of hydrogen-bond donors (Lipinski definition) is 0. The topological polar surface area (TPSA) is 17.1 Å². The predicted octanol–water partition coefficient (Wildman–Crippen LogP) is 2.77. The number of halogens is 2. The molecule has 1 aromatic carbocycles. The molecule has 0 saturated carbocycles. The number of alkyl halides is 1. The normalized spacial score (nSPS) is 9.00. The Kier molecular flexibility index (Phi) is 4.34. The first-order valence-corrected chi connectivity index (χ1v) is 5.19. The predicted molar refractivity (Wildman–Crippen MR) is 57.1 cm³/mol. The lowest BCUT2D eigenvalue weighted by Gasteiger charge is -1.94. The van der Waals surface area contributed by atoms with Gasteiger partial charge in [0.1, 0.15) is 5.82 Å². The minimum Gasteiger partial charge on any atom is -0.298 e. The van der Waals surface area contributed by atoms with Gasteiger partial charge in [0.15, 0.2) is 6.29 Å². The van der Waals surface area contributed by atoms with Gasteiger partial charge in [0, 0.05) is 17.3 Å². The van der Waals surface area contributed by atoms with E-state index < -0.39 is 5.82 Å². The van der Waals surface area contributed by atoms with Gasteiger partial charge in [-0.05, 0) is 18.2 Å². The maximum Gasteiger partial charge on any atom is 0.152 e. The van der Waals surface area contributed by atoms with Crippen LogP contribution in [0.3, 0.4) is 0 Å². The van der Waals surface area contributed by atoms with Crippen molar-refractivity contribution in [1.82, 2.24) is 0 Å². The summed E-state index contributed by atoms with van der Waals surface area (Å²) in [5.74, 6) is 5.14. The molecule has 0 aliphatic carbocycles. The van der Waals surface area contributed by atoms with E-state index in [-0.39, 0.29) is 5.56 Å². The first kappa shape index (κ1) is 10.9. The highest BCUT2D eigenvalue weighted by atomic mass is 79.9. The highest BCUT2D eigenvalue weighted by molar-refractivity contribution is 9.09. The molecule has 1 aromatic rings. The maximum atomic E-state index is 13.1. The van der Waals surface area contributed by atoms with Crippen molar-refractivity contribution in [2.75, 3.05) is 5.33 Å². The highest BCUT2D eigenvalue weighted by Gasteiger charge is 1.99. The number of carbonyl (C=O) groups is 1. The molecule has 1 nitrogen and oxygen atoms in total. The second-order valence-electron chi connectivity index (χ2n) is 2.59. The lowest BCUT2D eigenvalue weighted by Crippen LogP contribution is -1.88. The zero-order chi connectivity index (χ0) is 10.4. The van der Waals surface area contributed by atoms with Crippen molar-refractivity contribution < 1.29 is 9.18 Å². The summed E-state index contributed by atoms with van der Waals surface area (Å²) in [7, 11) is 0. The van der Waals surface area contributed by atoms with E-state index in [4.69, 9.17) is 0 Å². The fourth-order valence-corrected chi connectivity index (χ4v) is 1.11. The Balaban J connectivity index is 2.88. The SMILES string of the molecule is O=Cc1ccc(C#CCCBr)cc1F. The van der Waals surface area contributed by atoms with Crippen LogP contribution in [0.4, 0.5) is 4.39 Å². The lowest BCUT2D eigenvalue weighted by molar-refractivity contribution is 0.112. The average Bonchev–Trinajstić information content (AvgIpc) is 2.18. The van der Waals surface area contributed by atoms with Crippen LogP contribution < -0.4 is 0 Å². The first-order chi connectivity index (χ1) is 6.77. The van der Waals surface area contributed by atoms with E-state index in [2.05, 4.69) is 27.8 Å². The van der Waals surface area contributed by atoms with Crippen LogP contribution in [-0.2, 0) is 0 Å². The molecule has 0 atom stereocenters. The number of benzene rings is 1. The molecule has 72 valence electrons. The van der Waals surface area contributed by atoms with Crippen LogP contribution in [0, 0.1) is 17.7 Å². The second kappa shape index (κ2) is 5.56. The monoisotopic (exact) mass is 254 g/mol. The van der Waals surface area contributed by atoms with Crippen molar-refractivity contribution >= 4 is 22.2 Å². The summed E-state index contributed by atoms with van der Waals surface area (Å²) in [5.41, 5.74) is 0.657. The Hall–Kier alpha value is -1.14. The third-order valence-electron chi connectivity index (χ3n) is 1.58. The van der Waals surface area contributed by atoms with Crippen LogP contribution in [0.5, 0.6) is 0 Å². The van der Waals surface area contributed by atoms with Crippen LogP contribution in [0.1, 0.15) is 22.3 Å². The summed E-state index contributed by atoms with van der Waals surface area (Å²) < 4.78 is 13.1. The molecule has 0 heterocycles. The van der Waals surface area contributed by atoms with Gasteiger partial charge in [0.2, 0.25) is 0 Å². The molecule has 1 rings (SSSR count). The number of rotatable bonds is 2. The molecule has 0 aliphatic rings. The summed E-state index contributed by atoms with van der Waals surface area (Å²) in [6.45, 7) is 0. The van der Waals surface area contributed by atoms with Crippen molar-refractivity contribution in [2.24, 2.45) is 0 Å². The standard InChI is InChI=1S/C11H8BrFO/c12-6-2-1-3-9-4-5-10(8-14)11(13)7-9/h4-5,7-8H,2,6H2. The van der Waals surface area contributed by atoms with Crippen LogP contribution in [-0.4, -0.2) is 11.6 Å². The molecule has 3 heteroatoms. The minimum absolute atomic E-state index is 0.0658. The van der Waals surface area contributed by atoms with Gasteiger partial charge in [-0.1, -0.05) is 27.8 Å². The zero-order valence-electron chi connectivity index (χ0n) is 7.39. The zero-order valence-corrected chi connectivity index (χ0v) is 8.97. The number of carbonyl (C=O) groups excluding carboxylic acids is 1. The van der Waals surface area contributed by atoms with Crippen molar-refractivity contribution in [2.45, 2.75) is 6.42 Å². The Morgan fingerprint density at radius 3 is 2.86 bits per heavy atom. The van der Waals surface area contributed by atoms with Gasteiger partial charge in [-0.15, -0.1) is 0 Å². The summed E-state index contributed by atoms with van der Waals surface area (Å²) >= 11 is 3.24. The van der Waals surface area contributed by atoms with Gasteiger partial charge in [0.25, 0.3) is 0 Å². The molecule has 0 radical (unpaired) electrons. The largest absolute Gasteiger partial charge is 0.298 e. The Morgan fingerprint density at radius 1 is 1.50 bits per heavy atom. The molecule has 0 unspecified atom stereocenters. The van der Waals surface area contributed by atoms with Crippen LogP contribution in [0.15, 0.2) is 18.2 Å². The molecule has 0 saturated heterocycles. The first-order valence-electron chi connectivity index (χ1n) is 4.07. The van der Waals surface area contributed by atoms with E-state index in [9.17, 15) is 9.18 Å². The van der Waals surface area contributed by atoms with Gasteiger partial charge < -0.3 is 0 Å². The average molecular weight is 255 g/mol. The molecule has 0 bridgehead atoms. The van der Waals surface area contributed by atoms with Crippen molar-refractivity contribution in [3.63, 3.8) is 0 Å². The summed E-state index contributed by atoms with van der Waals surface area (Å²) in [6.07, 6.45) is 1.21. The van der Waals surface area contributed by atoms with Crippen molar-refractivity contribution in [3.8, 4) is 11.8 Å². The molecule has 0 fully saturated rings. The quantitative estimate of drug-likeness (QED) is 0.451. The molecule has 0 aromatic heterocycles. The van der Waals surface area contributed by atoms with Gasteiger partial charge in [-0.3, -0.25) is 4.79 Å². The van der Waals surface area contributed by atoms with Gasteiger partial charge in [-0.2, -0.15) is 0 Å². The highest BCUT2D eigenvalue weighted by Crippen LogP contribution is 2.07. The fraction of sp³-hybridized carbons (Fsp3) is 0.182. The van der Waals surface area contributed by atoms with Crippen LogP contribution >= 0.6 is 15.9 Å². The van der Waals surface area contributed by atoms with Gasteiger partial charge in [0.05, 0.1) is 5.56 Å². The van der Waals surface area contributed by atoms with E-state index in [0.717, 1.165) is 11.8 Å². The summed E-state index contributed by atoms with van der Waals surface area (Å²) in [6, 6.07) is 4.33. The number of hydrogen-bond acceptors (Lipinski definition) is 1. The third kappa shape index (κ3) is 2.97. The van der Waals surface area contributed by atoms with Crippen molar-refractivity contribution in [3.05, 3.63) is 35.1 Å². The molecular weight excluding hydrogens is 247 g/mol. The minimum atomic E-state index is -0.523. The van der Waals surface area contributed by atoms with E-state index in [1.807, 2.05) is 0 Å². The van der Waals surface area contributed by atoms with Crippen LogP contribution in [0.2, 0.25) is 0 Å².